The number of nitrogens with one attached hydrogen (secondary N) is 2. The van der Waals surface area contributed by atoms with Gasteiger partial charge in [0.25, 0.3) is 5.91 Å². The van der Waals surface area contributed by atoms with Crippen LogP contribution in [0.15, 0.2) is 82.4 Å². The van der Waals surface area contributed by atoms with E-state index in [2.05, 4.69) is 31.8 Å². The van der Waals surface area contributed by atoms with Crippen molar-refractivity contribution in [1.82, 2.24) is 5.43 Å². The number of ether oxygens (including phenoxy) is 1. The Hall–Kier alpha value is -3.45. The molecule has 0 heterocycles. The van der Waals surface area contributed by atoms with Crippen LogP contribution in [0.4, 0.5) is 5.69 Å². The average molecular weight is 466 g/mol. The lowest BCUT2D eigenvalue weighted by atomic mass is 10.2. The van der Waals surface area contributed by atoms with Gasteiger partial charge in [-0.3, -0.25) is 9.59 Å². The standard InChI is InChI=1S/C23H20BrN3O3/c1-16(28)26-21-10-7-18(8-11-21)23(29)27-25-14-19-13-20(24)9-12-22(19)30-15-17-5-3-2-4-6-17/h2-14H,15H2,1H3,(H,26,28)(H,27,29)/b25-14-. The Morgan fingerprint density at radius 1 is 1.03 bits per heavy atom. The highest BCUT2D eigenvalue weighted by Gasteiger charge is 2.06. The molecular formula is C23H20BrN3O3. The van der Waals surface area contributed by atoms with Crippen molar-refractivity contribution in [1.29, 1.82) is 0 Å². The molecule has 0 aliphatic rings. The third-order valence-corrected chi connectivity index (χ3v) is 4.54. The van der Waals surface area contributed by atoms with Crippen molar-refractivity contribution in [2.45, 2.75) is 13.5 Å². The Balaban J connectivity index is 1.64. The SMILES string of the molecule is CC(=O)Nc1ccc(C(=O)N/N=C\c2cc(Br)ccc2OCc2ccccc2)cc1. The van der Waals surface area contributed by atoms with Crippen LogP contribution in [-0.2, 0) is 11.4 Å². The highest BCUT2D eigenvalue weighted by atomic mass is 79.9. The van der Waals surface area contributed by atoms with Gasteiger partial charge in [-0.15, -0.1) is 0 Å². The number of rotatable bonds is 7. The van der Waals surface area contributed by atoms with Crippen molar-refractivity contribution >= 4 is 39.6 Å². The Morgan fingerprint density at radius 3 is 2.47 bits per heavy atom. The van der Waals surface area contributed by atoms with Gasteiger partial charge in [0.1, 0.15) is 12.4 Å². The second-order valence-electron chi connectivity index (χ2n) is 6.41. The van der Waals surface area contributed by atoms with Gasteiger partial charge in [0, 0.05) is 28.2 Å². The molecule has 3 rings (SSSR count). The number of carbonyl (C=O) groups is 2. The predicted octanol–water partition coefficient (Wildman–Crippen LogP) is 4.75. The van der Waals surface area contributed by atoms with Gasteiger partial charge in [-0.25, -0.2) is 5.43 Å². The number of hydrazone groups is 1. The van der Waals surface area contributed by atoms with Crippen molar-refractivity contribution in [3.05, 3.63) is 94.0 Å². The zero-order chi connectivity index (χ0) is 21.3. The highest BCUT2D eigenvalue weighted by Crippen LogP contribution is 2.23. The van der Waals surface area contributed by atoms with E-state index in [1.165, 1.54) is 13.1 Å². The minimum atomic E-state index is -0.359. The molecule has 0 saturated carbocycles. The molecule has 7 heteroatoms. The van der Waals surface area contributed by atoms with E-state index in [4.69, 9.17) is 4.74 Å². The van der Waals surface area contributed by atoms with E-state index in [-0.39, 0.29) is 11.8 Å². The van der Waals surface area contributed by atoms with Crippen LogP contribution in [0, 0.1) is 0 Å². The molecule has 3 aromatic carbocycles. The van der Waals surface area contributed by atoms with E-state index in [1.807, 2.05) is 48.5 Å². The average Bonchev–Trinajstić information content (AvgIpc) is 2.74. The molecule has 0 atom stereocenters. The van der Waals surface area contributed by atoms with Crippen LogP contribution < -0.4 is 15.5 Å². The third-order valence-electron chi connectivity index (χ3n) is 4.05. The van der Waals surface area contributed by atoms with Crippen molar-refractivity contribution < 1.29 is 14.3 Å². The van der Waals surface area contributed by atoms with Crippen molar-refractivity contribution in [2.24, 2.45) is 5.10 Å². The van der Waals surface area contributed by atoms with Crippen LogP contribution in [0.3, 0.4) is 0 Å². The molecule has 0 aromatic heterocycles. The summed E-state index contributed by atoms with van der Waals surface area (Å²) in [6.45, 7) is 1.85. The number of nitrogens with zero attached hydrogens (tertiary/aromatic N) is 1. The highest BCUT2D eigenvalue weighted by molar-refractivity contribution is 9.10. The van der Waals surface area contributed by atoms with E-state index in [1.54, 1.807) is 24.3 Å². The van der Waals surface area contributed by atoms with Gasteiger partial charge >= 0.3 is 0 Å². The monoisotopic (exact) mass is 465 g/mol. The summed E-state index contributed by atoms with van der Waals surface area (Å²) in [5.41, 5.74) is 5.33. The fourth-order valence-corrected chi connectivity index (χ4v) is 3.00. The Labute approximate surface area is 183 Å². The normalized spacial score (nSPS) is 10.6. The Morgan fingerprint density at radius 2 is 1.77 bits per heavy atom. The number of benzene rings is 3. The molecule has 6 nitrogen and oxygen atoms in total. The zero-order valence-corrected chi connectivity index (χ0v) is 17.8. The van der Waals surface area contributed by atoms with Gasteiger partial charge in [0.2, 0.25) is 5.91 Å². The lowest BCUT2D eigenvalue weighted by molar-refractivity contribution is -0.114. The zero-order valence-electron chi connectivity index (χ0n) is 16.3. The molecule has 0 aliphatic carbocycles. The minimum Gasteiger partial charge on any atom is -0.488 e. The second-order valence-corrected chi connectivity index (χ2v) is 7.33. The van der Waals surface area contributed by atoms with E-state index in [0.717, 1.165) is 15.6 Å². The maximum atomic E-state index is 12.3. The van der Waals surface area contributed by atoms with E-state index in [9.17, 15) is 9.59 Å². The van der Waals surface area contributed by atoms with Crippen LogP contribution in [0.2, 0.25) is 0 Å². The number of hydrogen-bond acceptors (Lipinski definition) is 4. The molecular weight excluding hydrogens is 446 g/mol. The van der Waals surface area contributed by atoms with Gasteiger partial charge in [-0.2, -0.15) is 5.10 Å². The first kappa shape index (κ1) is 21.3. The maximum Gasteiger partial charge on any atom is 0.271 e. The smallest absolute Gasteiger partial charge is 0.271 e. The molecule has 152 valence electrons. The summed E-state index contributed by atoms with van der Waals surface area (Å²) in [4.78, 5) is 23.3. The fraction of sp³-hybridized carbons (Fsp3) is 0.0870. The number of carbonyl (C=O) groups excluding carboxylic acids is 2. The van der Waals surface area contributed by atoms with Gasteiger partial charge < -0.3 is 10.1 Å². The number of anilines is 1. The Bertz CT molecular complexity index is 1050. The fourth-order valence-electron chi connectivity index (χ4n) is 2.62. The van der Waals surface area contributed by atoms with Gasteiger partial charge in [0.05, 0.1) is 6.21 Å². The van der Waals surface area contributed by atoms with Crippen LogP contribution in [-0.4, -0.2) is 18.0 Å². The first-order chi connectivity index (χ1) is 14.5. The number of amides is 2. The summed E-state index contributed by atoms with van der Waals surface area (Å²) in [7, 11) is 0. The largest absolute Gasteiger partial charge is 0.488 e. The number of hydrogen-bond donors (Lipinski definition) is 2. The lowest BCUT2D eigenvalue weighted by Crippen LogP contribution is -2.17. The predicted molar refractivity (Wildman–Crippen MR) is 121 cm³/mol. The van der Waals surface area contributed by atoms with Crippen molar-refractivity contribution in [2.75, 3.05) is 5.32 Å². The first-order valence-corrected chi connectivity index (χ1v) is 9.98. The molecule has 0 unspecified atom stereocenters. The lowest BCUT2D eigenvalue weighted by Gasteiger charge is -2.09. The topological polar surface area (TPSA) is 79.8 Å². The van der Waals surface area contributed by atoms with Crippen LogP contribution in [0.5, 0.6) is 5.75 Å². The van der Waals surface area contributed by atoms with Gasteiger partial charge in [-0.05, 0) is 48.0 Å². The van der Waals surface area contributed by atoms with E-state index >= 15 is 0 Å². The van der Waals surface area contributed by atoms with Gasteiger partial charge in [0.15, 0.2) is 0 Å². The van der Waals surface area contributed by atoms with Crippen LogP contribution >= 0.6 is 15.9 Å². The molecule has 0 spiro atoms. The molecule has 0 saturated heterocycles. The molecule has 0 radical (unpaired) electrons. The molecule has 3 aromatic rings. The first-order valence-electron chi connectivity index (χ1n) is 9.18. The summed E-state index contributed by atoms with van der Waals surface area (Å²) in [5.74, 6) is 0.123. The second kappa shape index (κ2) is 10.4. The molecule has 2 amide bonds. The molecule has 30 heavy (non-hydrogen) atoms. The van der Waals surface area contributed by atoms with Crippen molar-refractivity contribution in [3.63, 3.8) is 0 Å². The van der Waals surface area contributed by atoms with E-state index < -0.39 is 0 Å². The summed E-state index contributed by atoms with van der Waals surface area (Å²) in [6, 6.07) is 22.0. The van der Waals surface area contributed by atoms with Crippen LogP contribution in [0.1, 0.15) is 28.4 Å². The van der Waals surface area contributed by atoms with Gasteiger partial charge in [-0.1, -0.05) is 46.3 Å². The Kier molecular flexibility index (Phi) is 7.34. The molecule has 2 N–H and O–H groups in total. The number of halogens is 1. The summed E-state index contributed by atoms with van der Waals surface area (Å²) in [5, 5.41) is 6.70. The third kappa shape index (κ3) is 6.28. The molecule has 0 aliphatic heterocycles. The maximum absolute atomic E-state index is 12.3. The summed E-state index contributed by atoms with van der Waals surface area (Å²) in [6.07, 6.45) is 1.54. The molecule has 0 bridgehead atoms. The van der Waals surface area contributed by atoms with E-state index in [0.29, 0.717) is 23.6 Å². The van der Waals surface area contributed by atoms with Crippen molar-refractivity contribution in [3.8, 4) is 5.75 Å². The summed E-state index contributed by atoms with van der Waals surface area (Å²) < 4.78 is 6.78. The molecule has 0 fully saturated rings. The van der Waals surface area contributed by atoms with Crippen LogP contribution in [0.25, 0.3) is 0 Å². The summed E-state index contributed by atoms with van der Waals surface area (Å²) >= 11 is 3.44. The quantitative estimate of drug-likeness (QED) is 0.390. The minimum absolute atomic E-state index is 0.170.